The Morgan fingerprint density at radius 3 is 2.24 bits per heavy atom. The van der Waals surface area contributed by atoms with Crippen LogP contribution in [0.1, 0.15) is 32.3 Å². The minimum Gasteiger partial charge on any atom is -0.330 e. The fourth-order valence-corrected chi connectivity index (χ4v) is 1.78. The highest BCUT2D eigenvalue weighted by atomic mass is 14.9. The van der Waals surface area contributed by atoms with E-state index in [2.05, 4.69) is 50.4 Å². The van der Waals surface area contributed by atoms with Crippen LogP contribution in [0.5, 0.6) is 0 Å². The average Bonchev–Trinajstić information content (AvgIpc) is 2.35. The van der Waals surface area contributed by atoms with Crippen LogP contribution >= 0.6 is 0 Å². The maximum atomic E-state index is 5.84. The third kappa shape index (κ3) is 4.88. The second-order valence-electron chi connectivity index (χ2n) is 5.22. The van der Waals surface area contributed by atoms with Gasteiger partial charge in [-0.15, -0.1) is 0 Å². The van der Waals surface area contributed by atoms with Gasteiger partial charge in [-0.2, -0.15) is 0 Å². The van der Waals surface area contributed by atoms with Crippen LogP contribution in [0, 0.1) is 11.8 Å². The molecule has 2 heteroatoms. The van der Waals surface area contributed by atoms with Crippen molar-refractivity contribution in [2.75, 3.05) is 19.6 Å². The van der Waals surface area contributed by atoms with E-state index in [1.165, 1.54) is 5.56 Å². The molecule has 0 aliphatic carbocycles. The topological polar surface area (TPSA) is 38.0 Å². The van der Waals surface area contributed by atoms with Gasteiger partial charge in [0.15, 0.2) is 0 Å². The van der Waals surface area contributed by atoms with Crippen LogP contribution in [-0.4, -0.2) is 19.6 Å². The highest BCUT2D eigenvalue weighted by Gasteiger charge is 2.10. The van der Waals surface area contributed by atoms with Gasteiger partial charge < -0.3 is 11.1 Å². The molecular formula is C15H26N2. The summed E-state index contributed by atoms with van der Waals surface area (Å²) in [5, 5.41) is 3.54. The first-order valence-corrected chi connectivity index (χ1v) is 6.60. The van der Waals surface area contributed by atoms with E-state index in [0.717, 1.165) is 19.0 Å². The third-order valence-electron chi connectivity index (χ3n) is 3.55. The van der Waals surface area contributed by atoms with Gasteiger partial charge in [-0.25, -0.2) is 0 Å². The lowest BCUT2D eigenvalue weighted by molar-refractivity contribution is 0.387. The fourth-order valence-electron chi connectivity index (χ4n) is 1.78. The zero-order valence-corrected chi connectivity index (χ0v) is 11.3. The number of rotatable bonds is 7. The number of nitrogens with one attached hydrogen (secondary N) is 1. The van der Waals surface area contributed by atoms with Crippen molar-refractivity contribution in [1.29, 1.82) is 0 Å². The smallest absolute Gasteiger partial charge is 0.00863 e. The van der Waals surface area contributed by atoms with Gasteiger partial charge in [0.25, 0.3) is 0 Å². The predicted octanol–water partition coefficient (Wildman–Crippen LogP) is 2.61. The molecule has 2 nitrogen and oxygen atoms in total. The molecule has 0 fully saturated rings. The minimum absolute atomic E-state index is 0.426. The molecule has 0 aliphatic rings. The van der Waals surface area contributed by atoms with Crippen LogP contribution in [0.25, 0.3) is 0 Å². The van der Waals surface area contributed by atoms with Crippen molar-refractivity contribution < 1.29 is 0 Å². The Balaban J connectivity index is 2.39. The molecule has 0 spiro atoms. The summed E-state index contributed by atoms with van der Waals surface area (Å²) in [5.41, 5.74) is 7.17. The van der Waals surface area contributed by atoms with Gasteiger partial charge in [0.2, 0.25) is 0 Å². The Labute approximate surface area is 106 Å². The molecule has 1 rings (SSSR count). The second kappa shape index (κ2) is 7.46. The molecule has 0 aromatic heterocycles. The first kappa shape index (κ1) is 14.2. The molecule has 1 aromatic rings. The normalized spacial score (nSPS) is 14.9. The van der Waals surface area contributed by atoms with Gasteiger partial charge in [0, 0.05) is 19.0 Å². The first-order chi connectivity index (χ1) is 8.15. The molecule has 0 radical (unpaired) electrons. The standard InChI is InChI=1S/C15H26N2/c1-12(2)13(3)10-17-11-15(9-16)14-7-5-4-6-8-14/h4-8,12-13,15,17H,9-11,16H2,1-3H3. The van der Waals surface area contributed by atoms with Crippen molar-refractivity contribution in [1.82, 2.24) is 5.32 Å². The van der Waals surface area contributed by atoms with E-state index < -0.39 is 0 Å². The van der Waals surface area contributed by atoms with Crippen LogP contribution in [0.4, 0.5) is 0 Å². The van der Waals surface area contributed by atoms with Crippen molar-refractivity contribution in [3.8, 4) is 0 Å². The summed E-state index contributed by atoms with van der Waals surface area (Å²) in [5.74, 6) is 1.87. The lowest BCUT2D eigenvalue weighted by Gasteiger charge is -2.20. The molecule has 3 N–H and O–H groups in total. The summed E-state index contributed by atoms with van der Waals surface area (Å²) >= 11 is 0. The lowest BCUT2D eigenvalue weighted by atomic mass is 9.96. The van der Waals surface area contributed by atoms with Crippen molar-refractivity contribution >= 4 is 0 Å². The Hall–Kier alpha value is -0.860. The molecule has 2 unspecified atom stereocenters. The third-order valence-corrected chi connectivity index (χ3v) is 3.55. The molecule has 0 bridgehead atoms. The van der Waals surface area contributed by atoms with E-state index in [0.29, 0.717) is 18.4 Å². The molecule has 0 heterocycles. The molecule has 0 saturated carbocycles. The van der Waals surface area contributed by atoms with E-state index in [1.54, 1.807) is 0 Å². The van der Waals surface area contributed by atoms with Crippen molar-refractivity contribution in [3.05, 3.63) is 35.9 Å². The summed E-state index contributed by atoms with van der Waals surface area (Å²) in [6, 6.07) is 10.5. The number of nitrogens with two attached hydrogens (primary N) is 1. The SMILES string of the molecule is CC(C)C(C)CNCC(CN)c1ccccc1. The van der Waals surface area contributed by atoms with Crippen LogP contribution < -0.4 is 11.1 Å². The number of hydrogen-bond acceptors (Lipinski definition) is 2. The molecule has 0 amide bonds. The Bertz CT molecular complexity index is 295. The summed E-state index contributed by atoms with van der Waals surface area (Å²) in [6.45, 7) is 9.57. The maximum Gasteiger partial charge on any atom is 0.00863 e. The van der Waals surface area contributed by atoms with Crippen molar-refractivity contribution in [3.63, 3.8) is 0 Å². The van der Waals surface area contributed by atoms with Crippen LogP contribution in [0.3, 0.4) is 0 Å². The monoisotopic (exact) mass is 234 g/mol. The quantitative estimate of drug-likeness (QED) is 0.761. The molecular weight excluding hydrogens is 208 g/mol. The zero-order chi connectivity index (χ0) is 12.7. The van der Waals surface area contributed by atoms with E-state index in [4.69, 9.17) is 5.73 Å². The van der Waals surface area contributed by atoms with Crippen LogP contribution in [0.15, 0.2) is 30.3 Å². The summed E-state index contributed by atoms with van der Waals surface area (Å²) in [6.07, 6.45) is 0. The predicted molar refractivity (Wildman–Crippen MR) is 75.1 cm³/mol. The van der Waals surface area contributed by atoms with Gasteiger partial charge in [0.1, 0.15) is 0 Å². The van der Waals surface area contributed by atoms with E-state index in [1.807, 2.05) is 6.07 Å². The van der Waals surface area contributed by atoms with E-state index in [9.17, 15) is 0 Å². The maximum absolute atomic E-state index is 5.84. The first-order valence-electron chi connectivity index (χ1n) is 6.60. The van der Waals surface area contributed by atoms with E-state index in [-0.39, 0.29) is 0 Å². The Morgan fingerprint density at radius 2 is 1.71 bits per heavy atom. The average molecular weight is 234 g/mol. The second-order valence-corrected chi connectivity index (χ2v) is 5.22. The Morgan fingerprint density at radius 1 is 1.06 bits per heavy atom. The van der Waals surface area contributed by atoms with Gasteiger partial charge >= 0.3 is 0 Å². The number of hydrogen-bond donors (Lipinski definition) is 2. The lowest BCUT2D eigenvalue weighted by Crippen LogP contribution is -2.31. The molecule has 2 atom stereocenters. The van der Waals surface area contributed by atoms with Gasteiger partial charge in [-0.1, -0.05) is 51.1 Å². The summed E-state index contributed by atoms with van der Waals surface area (Å²) in [7, 11) is 0. The van der Waals surface area contributed by atoms with Gasteiger partial charge in [0.05, 0.1) is 0 Å². The molecule has 17 heavy (non-hydrogen) atoms. The number of benzene rings is 1. The van der Waals surface area contributed by atoms with Crippen molar-refractivity contribution in [2.45, 2.75) is 26.7 Å². The Kier molecular flexibility index (Phi) is 6.23. The summed E-state index contributed by atoms with van der Waals surface area (Å²) in [4.78, 5) is 0. The molecule has 1 aromatic carbocycles. The van der Waals surface area contributed by atoms with Crippen LogP contribution in [0.2, 0.25) is 0 Å². The van der Waals surface area contributed by atoms with Crippen molar-refractivity contribution in [2.24, 2.45) is 17.6 Å². The molecule has 0 aliphatic heterocycles. The van der Waals surface area contributed by atoms with E-state index >= 15 is 0 Å². The fraction of sp³-hybridized carbons (Fsp3) is 0.600. The largest absolute Gasteiger partial charge is 0.330 e. The summed E-state index contributed by atoms with van der Waals surface area (Å²) < 4.78 is 0. The van der Waals surface area contributed by atoms with Gasteiger partial charge in [-0.3, -0.25) is 0 Å². The van der Waals surface area contributed by atoms with Gasteiger partial charge in [-0.05, 0) is 23.9 Å². The highest BCUT2D eigenvalue weighted by Crippen LogP contribution is 2.13. The highest BCUT2D eigenvalue weighted by molar-refractivity contribution is 5.20. The zero-order valence-electron chi connectivity index (χ0n) is 11.3. The molecule has 96 valence electrons. The minimum atomic E-state index is 0.426. The van der Waals surface area contributed by atoms with Crippen LogP contribution in [-0.2, 0) is 0 Å². The molecule has 0 saturated heterocycles.